The quantitative estimate of drug-likeness (QED) is 0.402. The highest BCUT2D eigenvalue weighted by atomic mass is 35.5. The second kappa shape index (κ2) is 5.65. The van der Waals surface area contributed by atoms with Crippen molar-refractivity contribution < 1.29 is 4.74 Å². The minimum Gasteiger partial charge on any atom is -0.457 e. The molecule has 0 amide bonds. The fourth-order valence-corrected chi connectivity index (χ4v) is 1.63. The molecule has 2 aromatic rings. The van der Waals surface area contributed by atoms with Crippen LogP contribution in [0.2, 0.25) is 10.0 Å². The standard InChI is InChI=1S/C12H7Cl2N3O/c13-8-1-4-10(5-2-8)18-12-6-3-9(14)7-11(12)16-17-15/h1-7H. The zero-order valence-electron chi connectivity index (χ0n) is 9.05. The lowest BCUT2D eigenvalue weighted by Gasteiger charge is -2.08. The number of hydrogen-bond donors (Lipinski definition) is 0. The molecule has 0 heterocycles. The molecule has 0 aliphatic heterocycles. The molecule has 6 heteroatoms. The molecule has 0 radical (unpaired) electrons. The molecule has 0 aromatic heterocycles. The van der Waals surface area contributed by atoms with Gasteiger partial charge in [-0.2, -0.15) is 0 Å². The fraction of sp³-hybridized carbons (Fsp3) is 0. The lowest BCUT2D eigenvalue weighted by molar-refractivity contribution is 0.484. The first-order valence-electron chi connectivity index (χ1n) is 4.97. The lowest BCUT2D eigenvalue weighted by Crippen LogP contribution is -1.84. The van der Waals surface area contributed by atoms with Gasteiger partial charge in [-0.15, -0.1) is 0 Å². The molecular formula is C12H7Cl2N3O. The van der Waals surface area contributed by atoms with E-state index in [2.05, 4.69) is 10.0 Å². The Kier molecular flexibility index (Phi) is 3.95. The molecule has 0 aliphatic rings. The first kappa shape index (κ1) is 12.6. The van der Waals surface area contributed by atoms with Crippen molar-refractivity contribution in [3.63, 3.8) is 0 Å². The molecule has 0 aliphatic carbocycles. The van der Waals surface area contributed by atoms with Gasteiger partial charge in [0.05, 0.1) is 5.69 Å². The van der Waals surface area contributed by atoms with Gasteiger partial charge in [0, 0.05) is 15.0 Å². The van der Waals surface area contributed by atoms with Crippen LogP contribution in [0.1, 0.15) is 0 Å². The number of benzene rings is 2. The Morgan fingerprint density at radius 2 is 1.67 bits per heavy atom. The third-order valence-electron chi connectivity index (χ3n) is 2.11. The zero-order valence-corrected chi connectivity index (χ0v) is 10.6. The molecule has 0 N–H and O–H groups in total. The molecule has 18 heavy (non-hydrogen) atoms. The highest BCUT2D eigenvalue weighted by Gasteiger charge is 2.04. The maximum Gasteiger partial charge on any atom is 0.137 e. The second-order valence-electron chi connectivity index (χ2n) is 3.36. The Labute approximate surface area is 113 Å². The fourth-order valence-electron chi connectivity index (χ4n) is 1.33. The van der Waals surface area contributed by atoms with Gasteiger partial charge < -0.3 is 4.74 Å². The molecule has 0 fully saturated rings. The van der Waals surface area contributed by atoms with E-state index in [1.165, 1.54) is 6.07 Å². The zero-order chi connectivity index (χ0) is 13.0. The van der Waals surface area contributed by atoms with Crippen molar-refractivity contribution in [1.82, 2.24) is 0 Å². The summed E-state index contributed by atoms with van der Waals surface area (Å²) in [6, 6.07) is 11.7. The van der Waals surface area contributed by atoms with E-state index in [1.807, 2.05) is 0 Å². The monoisotopic (exact) mass is 279 g/mol. The molecule has 2 rings (SSSR count). The summed E-state index contributed by atoms with van der Waals surface area (Å²) in [6.07, 6.45) is 0. The van der Waals surface area contributed by atoms with Gasteiger partial charge in [-0.05, 0) is 48.0 Å². The Morgan fingerprint density at radius 1 is 1.00 bits per heavy atom. The topological polar surface area (TPSA) is 58.0 Å². The van der Waals surface area contributed by atoms with Crippen LogP contribution in [0.5, 0.6) is 11.5 Å². The number of azide groups is 1. The van der Waals surface area contributed by atoms with E-state index in [1.54, 1.807) is 36.4 Å². The Hall–Kier alpha value is -1.87. The molecule has 2 aromatic carbocycles. The maximum atomic E-state index is 8.48. The Bertz CT molecular complexity index is 607. The average molecular weight is 280 g/mol. The van der Waals surface area contributed by atoms with Gasteiger partial charge in [-0.25, -0.2) is 0 Å². The number of ether oxygens (including phenoxy) is 1. The van der Waals surface area contributed by atoms with Crippen LogP contribution in [0.15, 0.2) is 47.6 Å². The third-order valence-corrected chi connectivity index (χ3v) is 2.60. The highest BCUT2D eigenvalue weighted by Crippen LogP contribution is 2.34. The molecule has 0 saturated heterocycles. The molecule has 0 spiro atoms. The van der Waals surface area contributed by atoms with Gasteiger partial charge in [-0.3, -0.25) is 0 Å². The average Bonchev–Trinajstić information content (AvgIpc) is 2.36. The predicted molar refractivity (Wildman–Crippen MR) is 71.8 cm³/mol. The SMILES string of the molecule is [N-]=[N+]=Nc1cc(Cl)ccc1Oc1ccc(Cl)cc1. The van der Waals surface area contributed by atoms with Crippen molar-refractivity contribution >= 4 is 28.9 Å². The first-order valence-corrected chi connectivity index (χ1v) is 5.73. The van der Waals surface area contributed by atoms with Crippen LogP contribution >= 0.6 is 23.2 Å². The summed E-state index contributed by atoms with van der Waals surface area (Å²) in [6.45, 7) is 0. The van der Waals surface area contributed by atoms with Gasteiger partial charge in [0.2, 0.25) is 0 Å². The minimum absolute atomic E-state index is 0.333. The highest BCUT2D eigenvalue weighted by molar-refractivity contribution is 6.31. The van der Waals surface area contributed by atoms with Crippen LogP contribution in [-0.4, -0.2) is 0 Å². The van der Waals surface area contributed by atoms with Crippen molar-refractivity contribution in [2.75, 3.05) is 0 Å². The van der Waals surface area contributed by atoms with Crippen LogP contribution in [0, 0.1) is 0 Å². The summed E-state index contributed by atoms with van der Waals surface area (Å²) in [7, 11) is 0. The largest absolute Gasteiger partial charge is 0.457 e. The van der Waals surface area contributed by atoms with Crippen LogP contribution in [0.3, 0.4) is 0 Å². The van der Waals surface area contributed by atoms with E-state index in [0.29, 0.717) is 27.2 Å². The number of halogens is 2. The van der Waals surface area contributed by atoms with Crippen molar-refractivity contribution in [2.24, 2.45) is 5.11 Å². The Balaban J connectivity index is 2.33. The van der Waals surface area contributed by atoms with E-state index < -0.39 is 0 Å². The van der Waals surface area contributed by atoms with Crippen LogP contribution in [0.4, 0.5) is 5.69 Å². The van der Waals surface area contributed by atoms with Gasteiger partial charge in [0.15, 0.2) is 0 Å². The molecule has 0 saturated carbocycles. The van der Waals surface area contributed by atoms with E-state index >= 15 is 0 Å². The summed E-state index contributed by atoms with van der Waals surface area (Å²) in [5, 5.41) is 4.62. The summed E-state index contributed by atoms with van der Waals surface area (Å²) in [4.78, 5) is 2.73. The summed E-state index contributed by atoms with van der Waals surface area (Å²) >= 11 is 11.6. The third kappa shape index (κ3) is 3.08. The molecule has 0 unspecified atom stereocenters. The van der Waals surface area contributed by atoms with E-state index in [9.17, 15) is 0 Å². The van der Waals surface area contributed by atoms with Crippen molar-refractivity contribution in [1.29, 1.82) is 0 Å². The summed E-state index contributed by atoms with van der Waals surface area (Å²) in [5.41, 5.74) is 8.81. The van der Waals surface area contributed by atoms with Crippen molar-refractivity contribution in [2.45, 2.75) is 0 Å². The van der Waals surface area contributed by atoms with Gasteiger partial charge in [0.1, 0.15) is 11.5 Å². The van der Waals surface area contributed by atoms with E-state index in [0.717, 1.165) is 0 Å². The van der Waals surface area contributed by atoms with Gasteiger partial charge in [-0.1, -0.05) is 28.3 Å². The maximum absolute atomic E-state index is 8.48. The summed E-state index contributed by atoms with van der Waals surface area (Å²) < 4.78 is 5.59. The van der Waals surface area contributed by atoms with Crippen molar-refractivity contribution in [3.05, 3.63) is 63.0 Å². The van der Waals surface area contributed by atoms with Crippen molar-refractivity contribution in [3.8, 4) is 11.5 Å². The second-order valence-corrected chi connectivity index (χ2v) is 4.23. The molecule has 4 nitrogen and oxygen atoms in total. The van der Waals surface area contributed by atoms with Crippen LogP contribution < -0.4 is 4.74 Å². The molecular weight excluding hydrogens is 273 g/mol. The Morgan fingerprint density at radius 3 is 2.33 bits per heavy atom. The number of hydrogen-bond acceptors (Lipinski definition) is 2. The summed E-state index contributed by atoms with van der Waals surface area (Å²) in [5.74, 6) is 1.02. The van der Waals surface area contributed by atoms with Gasteiger partial charge >= 0.3 is 0 Å². The smallest absolute Gasteiger partial charge is 0.137 e. The predicted octanol–water partition coefficient (Wildman–Crippen LogP) is 5.73. The molecule has 0 atom stereocenters. The lowest BCUT2D eigenvalue weighted by atomic mass is 10.3. The number of rotatable bonds is 3. The first-order chi connectivity index (χ1) is 8.69. The van der Waals surface area contributed by atoms with Crippen LogP contribution in [-0.2, 0) is 0 Å². The normalized spacial score (nSPS) is 9.67. The minimum atomic E-state index is 0.333. The van der Waals surface area contributed by atoms with E-state index in [4.69, 9.17) is 33.5 Å². The molecule has 90 valence electrons. The molecule has 0 bridgehead atoms. The van der Waals surface area contributed by atoms with Gasteiger partial charge in [0.25, 0.3) is 0 Å². The van der Waals surface area contributed by atoms with E-state index in [-0.39, 0.29) is 0 Å². The van der Waals surface area contributed by atoms with Crippen LogP contribution in [0.25, 0.3) is 10.4 Å². The number of nitrogens with zero attached hydrogens (tertiary/aromatic N) is 3.